The van der Waals surface area contributed by atoms with Gasteiger partial charge in [0.05, 0.1) is 5.56 Å². The maximum absolute atomic E-state index is 10.8. The largest absolute Gasteiger partial charge is 0.478 e. The number of anilines is 1. The molecule has 0 saturated carbocycles. The van der Waals surface area contributed by atoms with Crippen LogP contribution >= 0.6 is 0 Å². The van der Waals surface area contributed by atoms with Crippen LogP contribution in [0.5, 0.6) is 0 Å². The quantitative estimate of drug-likeness (QED) is 0.930. The minimum absolute atomic E-state index is 0.229. The third-order valence-electron chi connectivity index (χ3n) is 3.78. The summed E-state index contributed by atoms with van der Waals surface area (Å²) in [6.07, 6.45) is 2.53. The van der Waals surface area contributed by atoms with E-state index in [0.717, 1.165) is 25.3 Å². The molecule has 1 aliphatic heterocycles. The Morgan fingerprint density at radius 1 is 1.20 bits per heavy atom. The fourth-order valence-electron chi connectivity index (χ4n) is 2.67. The summed E-state index contributed by atoms with van der Waals surface area (Å²) in [5.41, 5.74) is 1.59. The Hall–Kier alpha value is -2.36. The highest BCUT2D eigenvalue weighted by Crippen LogP contribution is 2.29. The molecule has 1 aromatic carbocycles. The van der Waals surface area contributed by atoms with Crippen molar-refractivity contribution >= 4 is 11.8 Å². The number of carbonyl (C=O) groups is 1. The van der Waals surface area contributed by atoms with Crippen LogP contribution in [0.1, 0.15) is 28.3 Å². The lowest BCUT2D eigenvalue weighted by Gasteiger charge is -2.17. The maximum atomic E-state index is 10.8. The normalized spacial score (nSPS) is 18.2. The first kappa shape index (κ1) is 12.7. The lowest BCUT2D eigenvalue weighted by Crippen LogP contribution is -2.20. The third-order valence-corrected chi connectivity index (χ3v) is 3.78. The first-order valence-corrected chi connectivity index (χ1v) is 6.73. The van der Waals surface area contributed by atoms with Crippen molar-refractivity contribution in [3.8, 4) is 0 Å². The lowest BCUT2D eigenvalue weighted by atomic mass is 9.99. The number of benzene rings is 1. The van der Waals surface area contributed by atoms with E-state index >= 15 is 0 Å². The molecule has 4 nitrogen and oxygen atoms in total. The number of rotatable bonds is 3. The van der Waals surface area contributed by atoms with Crippen LogP contribution < -0.4 is 4.90 Å². The Labute approximate surface area is 117 Å². The van der Waals surface area contributed by atoms with Gasteiger partial charge in [-0.15, -0.1) is 0 Å². The minimum Gasteiger partial charge on any atom is -0.478 e. The molecule has 0 aliphatic carbocycles. The number of carboxylic acid groups (broad SMARTS) is 1. The average Bonchev–Trinajstić information content (AvgIpc) is 2.98. The van der Waals surface area contributed by atoms with Crippen molar-refractivity contribution in [2.45, 2.75) is 12.3 Å². The van der Waals surface area contributed by atoms with Crippen molar-refractivity contribution in [3.63, 3.8) is 0 Å². The predicted molar refractivity (Wildman–Crippen MR) is 77.2 cm³/mol. The van der Waals surface area contributed by atoms with Crippen molar-refractivity contribution in [2.75, 3.05) is 18.0 Å². The predicted octanol–water partition coefficient (Wildman–Crippen LogP) is 2.77. The van der Waals surface area contributed by atoms with Crippen LogP contribution in [0.25, 0.3) is 0 Å². The van der Waals surface area contributed by atoms with Gasteiger partial charge < -0.3 is 10.0 Å². The number of nitrogens with zero attached hydrogens (tertiary/aromatic N) is 2. The van der Waals surface area contributed by atoms with Gasteiger partial charge in [0.25, 0.3) is 0 Å². The first-order chi connectivity index (χ1) is 9.74. The van der Waals surface area contributed by atoms with E-state index in [1.165, 1.54) is 11.8 Å². The summed E-state index contributed by atoms with van der Waals surface area (Å²) in [5, 5.41) is 8.88. The number of hydrogen-bond donors (Lipinski definition) is 1. The molecule has 0 spiro atoms. The molecule has 1 aromatic heterocycles. The molecule has 20 heavy (non-hydrogen) atoms. The molecule has 0 radical (unpaired) electrons. The van der Waals surface area contributed by atoms with Gasteiger partial charge in [-0.05, 0) is 24.1 Å². The Balaban J connectivity index is 1.72. The zero-order valence-corrected chi connectivity index (χ0v) is 11.1. The molecule has 0 amide bonds. The molecule has 102 valence electrons. The monoisotopic (exact) mass is 268 g/mol. The van der Waals surface area contributed by atoms with E-state index in [1.807, 2.05) is 6.07 Å². The number of hydrogen-bond acceptors (Lipinski definition) is 3. The number of aromatic nitrogens is 1. The van der Waals surface area contributed by atoms with E-state index in [9.17, 15) is 4.79 Å². The average molecular weight is 268 g/mol. The van der Waals surface area contributed by atoms with Crippen LogP contribution in [0, 0.1) is 0 Å². The standard InChI is InChI=1S/C16H16N2O2/c19-16(20)13-6-7-15(17-10-13)18-9-8-14(11-18)12-4-2-1-3-5-12/h1-7,10,14H,8-9,11H2,(H,19,20). The van der Waals surface area contributed by atoms with E-state index in [1.54, 1.807) is 12.1 Å². The molecule has 1 N–H and O–H groups in total. The zero-order chi connectivity index (χ0) is 13.9. The molecule has 1 saturated heterocycles. The van der Waals surface area contributed by atoms with Crippen molar-refractivity contribution in [2.24, 2.45) is 0 Å². The van der Waals surface area contributed by atoms with Gasteiger partial charge in [0.15, 0.2) is 0 Å². The van der Waals surface area contributed by atoms with Gasteiger partial charge in [-0.2, -0.15) is 0 Å². The molecule has 4 heteroatoms. The Kier molecular flexibility index (Phi) is 3.37. The Morgan fingerprint density at radius 3 is 2.65 bits per heavy atom. The molecule has 1 atom stereocenters. The van der Waals surface area contributed by atoms with E-state index in [4.69, 9.17) is 5.11 Å². The summed E-state index contributed by atoms with van der Waals surface area (Å²) in [5.74, 6) is 0.443. The molecule has 2 aromatic rings. The molecule has 3 rings (SSSR count). The molecule has 2 heterocycles. The van der Waals surface area contributed by atoms with Gasteiger partial charge >= 0.3 is 5.97 Å². The van der Waals surface area contributed by atoms with Crippen LogP contribution in [0.4, 0.5) is 5.82 Å². The van der Waals surface area contributed by atoms with Gasteiger partial charge in [-0.25, -0.2) is 9.78 Å². The topological polar surface area (TPSA) is 53.4 Å². The third kappa shape index (κ3) is 2.50. The first-order valence-electron chi connectivity index (χ1n) is 6.73. The molecule has 1 fully saturated rings. The highest BCUT2D eigenvalue weighted by atomic mass is 16.4. The van der Waals surface area contributed by atoms with Crippen molar-refractivity contribution < 1.29 is 9.90 Å². The summed E-state index contributed by atoms with van der Waals surface area (Å²) >= 11 is 0. The highest BCUT2D eigenvalue weighted by Gasteiger charge is 2.24. The molecular weight excluding hydrogens is 252 g/mol. The van der Waals surface area contributed by atoms with Gasteiger partial charge in [0.2, 0.25) is 0 Å². The molecular formula is C16H16N2O2. The van der Waals surface area contributed by atoms with Crippen molar-refractivity contribution in [1.29, 1.82) is 0 Å². The highest BCUT2D eigenvalue weighted by molar-refractivity contribution is 5.87. The lowest BCUT2D eigenvalue weighted by molar-refractivity contribution is 0.0696. The molecule has 0 bridgehead atoms. The van der Waals surface area contributed by atoms with E-state index in [-0.39, 0.29) is 5.56 Å². The minimum atomic E-state index is -0.937. The summed E-state index contributed by atoms with van der Waals surface area (Å²) < 4.78 is 0. The van der Waals surface area contributed by atoms with E-state index < -0.39 is 5.97 Å². The fourth-order valence-corrected chi connectivity index (χ4v) is 2.67. The second kappa shape index (κ2) is 5.33. The zero-order valence-electron chi connectivity index (χ0n) is 11.1. The van der Waals surface area contributed by atoms with E-state index in [0.29, 0.717) is 5.92 Å². The Morgan fingerprint density at radius 2 is 2.00 bits per heavy atom. The molecule has 1 unspecified atom stereocenters. The van der Waals surface area contributed by atoms with Crippen LogP contribution in [0.3, 0.4) is 0 Å². The smallest absolute Gasteiger partial charge is 0.337 e. The van der Waals surface area contributed by atoms with Gasteiger partial charge in [0, 0.05) is 25.2 Å². The van der Waals surface area contributed by atoms with Crippen molar-refractivity contribution in [1.82, 2.24) is 4.98 Å². The van der Waals surface area contributed by atoms with Crippen LogP contribution in [0.15, 0.2) is 48.7 Å². The maximum Gasteiger partial charge on any atom is 0.337 e. The number of pyridine rings is 1. The Bertz CT molecular complexity index is 596. The molecule has 1 aliphatic rings. The number of carboxylic acids is 1. The van der Waals surface area contributed by atoms with Gasteiger partial charge in [-0.3, -0.25) is 0 Å². The van der Waals surface area contributed by atoms with Gasteiger partial charge in [-0.1, -0.05) is 30.3 Å². The second-order valence-electron chi connectivity index (χ2n) is 5.05. The van der Waals surface area contributed by atoms with Crippen LogP contribution in [-0.4, -0.2) is 29.1 Å². The van der Waals surface area contributed by atoms with Crippen molar-refractivity contribution in [3.05, 3.63) is 59.8 Å². The van der Waals surface area contributed by atoms with Crippen LogP contribution in [-0.2, 0) is 0 Å². The SMILES string of the molecule is O=C(O)c1ccc(N2CCC(c3ccccc3)C2)nc1. The summed E-state index contributed by atoms with van der Waals surface area (Å²) in [6, 6.07) is 13.9. The summed E-state index contributed by atoms with van der Waals surface area (Å²) in [4.78, 5) is 17.3. The summed E-state index contributed by atoms with van der Waals surface area (Å²) in [7, 11) is 0. The van der Waals surface area contributed by atoms with E-state index in [2.05, 4.69) is 34.1 Å². The number of aromatic carboxylic acids is 1. The second-order valence-corrected chi connectivity index (χ2v) is 5.05. The fraction of sp³-hybridized carbons (Fsp3) is 0.250. The van der Waals surface area contributed by atoms with Crippen LogP contribution in [0.2, 0.25) is 0 Å². The summed E-state index contributed by atoms with van der Waals surface area (Å²) in [6.45, 7) is 1.89. The van der Waals surface area contributed by atoms with Gasteiger partial charge in [0.1, 0.15) is 5.82 Å².